The van der Waals surface area contributed by atoms with Crippen LogP contribution < -0.4 is 0 Å². The van der Waals surface area contributed by atoms with Crippen molar-refractivity contribution in [3.05, 3.63) is 71.8 Å². The maximum absolute atomic E-state index is 13.2. The molecule has 134 valence electrons. The van der Waals surface area contributed by atoms with Gasteiger partial charge in [-0.15, -0.1) is 0 Å². The Labute approximate surface area is 150 Å². The molecule has 0 unspecified atom stereocenters. The third kappa shape index (κ3) is 4.27. The molecule has 1 N–H and O–H groups in total. The summed E-state index contributed by atoms with van der Waals surface area (Å²) in [5.41, 5.74) is -0.512. The number of aliphatic hydroxyl groups is 1. The van der Waals surface area contributed by atoms with Crippen molar-refractivity contribution in [2.24, 2.45) is 0 Å². The average molecular weight is 340 g/mol. The third-order valence-corrected chi connectivity index (χ3v) is 4.69. The van der Waals surface area contributed by atoms with Gasteiger partial charge in [0.25, 0.3) is 5.91 Å². The van der Waals surface area contributed by atoms with E-state index in [1.54, 1.807) is 36.2 Å². The first-order valence-electron chi connectivity index (χ1n) is 8.85. The zero-order valence-corrected chi connectivity index (χ0v) is 15.4. The molecule has 0 saturated carbocycles. The zero-order chi connectivity index (χ0) is 18.3. The molecule has 2 rings (SSSR count). The van der Waals surface area contributed by atoms with Gasteiger partial charge in [-0.3, -0.25) is 4.79 Å². The second kappa shape index (κ2) is 8.79. The van der Waals surface area contributed by atoms with Gasteiger partial charge >= 0.3 is 0 Å². The first-order chi connectivity index (χ1) is 12.0. The molecule has 4 heteroatoms. The molecule has 0 fully saturated rings. The Balaban J connectivity index is 2.31. The van der Waals surface area contributed by atoms with Gasteiger partial charge in [0.2, 0.25) is 0 Å². The predicted molar refractivity (Wildman–Crippen MR) is 101 cm³/mol. The number of rotatable bonds is 8. The molecular weight excluding hydrogens is 312 g/mol. The minimum atomic E-state index is -1.68. The van der Waals surface area contributed by atoms with Crippen molar-refractivity contribution in [1.29, 1.82) is 0 Å². The number of carbonyl (C=O) groups is 1. The standard InChI is InChI=1S/C21H28N2O2/c1-4-23(5-2)17-16-22(3)20(24)21(25,18-12-8-6-9-13-18)19-14-10-7-11-15-19/h6-15,25H,4-5,16-17H2,1-3H3. The summed E-state index contributed by atoms with van der Waals surface area (Å²) in [5.74, 6) is -0.308. The van der Waals surface area contributed by atoms with E-state index in [0.717, 1.165) is 19.6 Å². The lowest BCUT2D eigenvalue weighted by Gasteiger charge is -2.33. The van der Waals surface area contributed by atoms with E-state index in [0.29, 0.717) is 17.7 Å². The van der Waals surface area contributed by atoms with Gasteiger partial charge in [-0.25, -0.2) is 0 Å². The summed E-state index contributed by atoms with van der Waals surface area (Å²) < 4.78 is 0. The highest BCUT2D eigenvalue weighted by molar-refractivity contribution is 5.90. The van der Waals surface area contributed by atoms with Crippen LogP contribution in [0.2, 0.25) is 0 Å². The number of nitrogens with zero attached hydrogens (tertiary/aromatic N) is 2. The first kappa shape index (κ1) is 19.2. The summed E-state index contributed by atoms with van der Waals surface area (Å²) in [6.07, 6.45) is 0. The van der Waals surface area contributed by atoms with Crippen molar-refractivity contribution in [3.63, 3.8) is 0 Å². The summed E-state index contributed by atoms with van der Waals surface area (Å²) in [7, 11) is 1.75. The van der Waals surface area contributed by atoms with Crippen LogP contribution in [0.25, 0.3) is 0 Å². The Hall–Kier alpha value is -2.17. The Bertz CT molecular complexity index is 615. The van der Waals surface area contributed by atoms with E-state index >= 15 is 0 Å². The minimum Gasteiger partial charge on any atom is -0.372 e. The fourth-order valence-corrected chi connectivity index (χ4v) is 2.98. The van der Waals surface area contributed by atoms with Gasteiger partial charge in [-0.1, -0.05) is 74.5 Å². The Kier molecular flexibility index (Phi) is 6.73. The highest BCUT2D eigenvalue weighted by Crippen LogP contribution is 2.31. The van der Waals surface area contributed by atoms with Gasteiger partial charge in [0, 0.05) is 20.1 Å². The first-order valence-corrected chi connectivity index (χ1v) is 8.85. The summed E-state index contributed by atoms with van der Waals surface area (Å²) >= 11 is 0. The summed E-state index contributed by atoms with van der Waals surface area (Å²) in [6, 6.07) is 18.3. The van der Waals surface area contributed by atoms with Crippen LogP contribution in [0, 0.1) is 0 Å². The van der Waals surface area contributed by atoms with Crippen LogP contribution in [-0.4, -0.2) is 54.0 Å². The van der Waals surface area contributed by atoms with E-state index in [1.165, 1.54) is 0 Å². The third-order valence-electron chi connectivity index (χ3n) is 4.69. The molecular formula is C21H28N2O2. The van der Waals surface area contributed by atoms with Crippen LogP contribution in [0.5, 0.6) is 0 Å². The summed E-state index contributed by atoms with van der Waals surface area (Å²) in [6.45, 7) is 7.46. The Morgan fingerprint density at radius 2 is 1.32 bits per heavy atom. The van der Waals surface area contributed by atoms with E-state index < -0.39 is 5.60 Å². The molecule has 25 heavy (non-hydrogen) atoms. The molecule has 0 heterocycles. The van der Waals surface area contributed by atoms with Crippen LogP contribution >= 0.6 is 0 Å². The fraction of sp³-hybridized carbons (Fsp3) is 0.381. The number of benzene rings is 2. The van der Waals surface area contributed by atoms with Crippen molar-refractivity contribution in [3.8, 4) is 0 Å². The lowest BCUT2D eigenvalue weighted by Crippen LogP contribution is -2.48. The highest BCUT2D eigenvalue weighted by atomic mass is 16.3. The van der Waals surface area contributed by atoms with E-state index in [-0.39, 0.29) is 5.91 Å². The van der Waals surface area contributed by atoms with Crippen molar-refractivity contribution in [2.75, 3.05) is 33.2 Å². The van der Waals surface area contributed by atoms with Crippen molar-refractivity contribution in [1.82, 2.24) is 9.80 Å². The number of amides is 1. The van der Waals surface area contributed by atoms with Crippen LogP contribution in [0.1, 0.15) is 25.0 Å². The number of carbonyl (C=O) groups excluding carboxylic acids is 1. The molecule has 2 aromatic carbocycles. The number of likely N-dealkylation sites (N-methyl/N-ethyl adjacent to an activating group) is 2. The van der Waals surface area contributed by atoms with Crippen molar-refractivity contribution in [2.45, 2.75) is 19.4 Å². The second-order valence-corrected chi connectivity index (χ2v) is 6.20. The number of hydrogen-bond acceptors (Lipinski definition) is 3. The summed E-state index contributed by atoms with van der Waals surface area (Å²) in [4.78, 5) is 17.1. The lowest BCUT2D eigenvalue weighted by atomic mass is 9.85. The maximum Gasteiger partial charge on any atom is 0.263 e. The van der Waals surface area contributed by atoms with Crippen LogP contribution in [0.15, 0.2) is 60.7 Å². The minimum absolute atomic E-state index is 0.308. The zero-order valence-electron chi connectivity index (χ0n) is 15.4. The molecule has 1 amide bonds. The molecule has 4 nitrogen and oxygen atoms in total. The quantitative estimate of drug-likeness (QED) is 0.803. The largest absolute Gasteiger partial charge is 0.372 e. The molecule has 0 saturated heterocycles. The van der Waals surface area contributed by atoms with Crippen LogP contribution in [0.3, 0.4) is 0 Å². The molecule has 2 aromatic rings. The predicted octanol–water partition coefficient (Wildman–Crippen LogP) is 2.72. The SMILES string of the molecule is CCN(CC)CCN(C)C(=O)C(O)(c1ccccc1)c1ccccc1. The molecule has 0 bridgehead atoms. The normalized spacial score (nSPS) is 11.6. The molecule has 0 aromatic heterocycles. The topological polar surface area (TPSA) is 43.8 Å². The van der Waals surface area contributed by atoms with Crippen LogP contribution in [-0.2, 0) is 10.4 Å². The fourth-order valence-electron chi connectivity index (χ4n) is 2.98. The van der Waals surface area contributed by atoms with Gasteiger partial charge in [-0.05, 0) is 24.2 Å². The van der Waals surface area contributed by atoms with Gasteiger partial charge in [0.1, 0.15) is 0 Å². The van der Waals surface area contributed by atoms with Crippen molar-refractivity contribution >= 4 is 5.91 Å². The van der Waals surface area contributed by atoms with E-state index in [2.05, 4.69) is 18.7 Å². The Morgan fingerprint density at radius 1 is 0.880 bits per heavy atom. The lowest BCUT2D eigenvalue weighted by molar-refractivity contribution is -0.146. The smallest absolute Gasteiger partial charge is 0.263 e. The molecule has 0 aliphatic rings. The van der Waals surface area contributed by atoms with E-state index in [1.807, 2.05) is 36.4 Å². The van der Waals surface area contributed by atoms with Gasteiger partial charge < -0.3 is 14.9 Å². The highest BCUT2D eigenvalue weighted by Gasteiger charge is 2.41. The van der Waals surface area contributed by atoms with E-state index in [9.17, 15) is 9.90 Å². The van der Waals surface area contributed by atoms with Gasteiger partial charge in [0.15, 0.2) is 5.60 Å². The molecule has 0 radical (unpaired) electrons. The molecule has 0 atom stereocenters. The van der Waals surface area contributed by atoms with Gasteiger partial charge in [0.05, 0.1) is 0 Å². The van der Waals surface area contributed by atoms with E-state index in [4.69, 9.17) is 0 Å². The van der Waals surface area contributed by atoms with Crippen molar-refractivity contribution < 1.29 is 9.90 Å². The summed E-state index contributed by atoms with van der Waals surface area (Å²) in [5, 5.41) is 11.5. The average Bonchev–Trinajstić information content (AvgIpc) is 2.68. The Morgan fingerprint density at radius 3 is 1.72 bits per heavy atom. The maximum atomic E-state index is 13.2. The second-order valence-electron chi connectivity index (χ2n) is 6.20. The monoisotopic (exact) mass is 340 g/mol. The van der Waals surface area contributed by atoms with Crippen LogP contribution in [0.4, 0.5) is 0 Å². The molecule has 0 spiro atoms. The van der Waals surface area contributed by atoms with Gasteiger partial charge in [-0.2, -0.15) is 0 Å². The number of hydrogen-bond donors (Lipinski definition) is 1. The molecule has 0 aliphatic heterocycles. The molecule has 0 aliphatic carbocycles.